The van der Waals surface area contributed by atoms with Crippen LogP contribution in [0.4, 0.5) is 0 Å². The summed E-state index contributed by atoms with van der Waals surface area (Å²) in [5, 5.41) is 14.7. The van der Waals surface area contributed by atoms with E-state index in [9.17, 15) is 0 Å². The summed E-state index contributed by atoms with van der Waals surface area (Å²) >= 11 is 0. The minimum absolute atomic E-state index is 0.156. The van der Waals surface area contributed by atoms with Gasteiger partial charge in [-0.2, -0.15) is 0 Å². The Hall–Kier alpha value is -0.930. The average molecular weight is 323 g/mol. The molecule has 134 valence electrons. The van der Waals surface area contributed by atoms with Gasteiger partial charge in [0.1, 0.15) is 0 Å². The zero-order chi connectivity index (χ0) is 16.8. The van der Waals surface area contributed by atoms with E-state index >= 15 is 0 Å². The van der Waals surface area contributed by atoms with Crippen LogP contribution in [0.3, 0.4) is 0 Å². The SMILES string of the molecule is CCCCCCCCCCCCCC(CC)(CC)c1nnn[nH]1. The molecule has 0 amide bonds. The third-order valence-corrected chi connectivity index (χ3v) is 5.46. The Kier molecular flexibility index (Phi) is 10.9. The summed E-state index contributed by atoms with van der Waals surface area (Å²) in [6, 6.07) is 0. The van der Waals surface area contributed by atoms with Gasteiger partial charge < -0.3 is 0 Å². The maximum absolute atomic E-state index is 4.18. The van der Waals surface area contributed by atoms with E-state index in [-0.39, 0.29) is 5.41 Å². The standard InChI is InChI=1S/C19H38N4/c1-4-7-8-9-10-11-12-13-14-15-16-17-19(5-2,6-3)18-20-22-23-21-18/h4-17H2,1-3H3,(H,20,21,22,23). The Bertz CT molecular complexity index is 357. The molecule has 0 atom stereocenters. The first-order valence-electron chi connectivity index (χ1n) is 10.0. The molecule has 0 aliphatic carbocycles. The molecule has 1 aromatic heterocycles. The van der Waals surface area contributed by atoms with Crippen LogP contribution < -0.4 is 0 Å². The van der Waals surface area contributed by atoms with Gasteiger partial charge in [-0.3, -0.25) is 0 Å². The summed E-state index contributed by atoms with van der Waals surface area (Å²) in [5.41, 5.74) is 0.156. The Morgan fingerprint density at radius 3 is 1.70 bits per heavy atom. The molecule has 0 fully saturated rings. The van der Waals surface area contributed by atoms with Gasteiger partial charge in [-0.05, 0) is 29.7 Å². The Morgan fingerprint density at radius 1 is 0.739 bits per heavy atom. The van der Waals surface area contributed by atoms with Crippen molar-refractivity contribution in [1.82, 2.24) is 20.6 Å². The van der Waals surface area contributed by atoms with Crippen LogP contribution in [-0.4, -0.2) is 20.6 Å². The van der Waals surface area contributed by atoms with Crippen molar-refractivity contribution in [3.8, 4) is 0 Å². The van der Waals surface area contributed by atoms with E-state index in [1.807, 2.05) is 0 Å². The first-order valence-corrected chi connectivity index (χ1v) is 10.0. The molecule has 4 nitrogen and oxygen atoms in total. The van der Waals surface area contributed by atoms with Gasteiger partial charge in [-0.25, -0.2) is 5.10 Å². The van der Waals surface area contributed by atoms with Crippen LogP contribution >= 0.6 is 0 Å². The molecule has 0 saturated heterocycles. The minimum atomic E-state index is 0.156. The molecule has 0 aromatic carbocycles. The van der Waals surface area contributed by atoms with Crippen molar-refractivity contribution in [2.24, 2.45) is 0 Å². The van der Waals surface area contributed by atoms with Gasteiger partial charge in [0.25, 0.3) is 0 Å². The fraction of sp³-hybridized carbons (Fsp3) is 0.947. The van der Waals surface area contributed by atoms with E-state index in [0.29, 0.717) is 0 Å². The fourth-order valence-corrected chi connectivity index (χ4v) is 3.57. The average Bonchev–Trinajstić information content (AvgIpc) is 3.12. The van der Waals surface area contributed by atoms with Crippen molar-refractivity contribution in [2.45, 2.75) is 116 Å². The largest absolute Gasteiger partial charge is 0.242 e. The molecule has 0 bridgehead atoms. The molecule has 1 rings (SSSR count). The van der Waals surface area contributed by atoms with Gasteiger partial charge in [0, 0.05) is 5.41 Å². The number of hydrogen-bond acceptors (Lipinski definition) is 3. The lowest BCUT2D eigenvalue weighted by atomic mass is 9.77. The molecule has 0 spiro atoms. The number of rotatable bonds is 15. The summed E-state index contributed by atoms with van der Waals surface area (Å²) in [5.74, 6) is 0.981. The van der Waals surface area contributed by atoms with E-state index < -0.39 is 0 Å². The topological polar surface area (TPSA) is 54.5 Å². The summed E-state index contributed by atoms with van der Waals surface area (Å²) in [7, 11) is 0. The van der Waals surface area contributed by atoms with Crippen LogP contribution in [0.25, 0.3) is 0 Å². The lowest BCUT2D eigenvalue weighted by Gasteiger charge is -2.28. The van der Waals surface area contributed by atoms with E-state index in [1.165, 1.54) is 77.0 Å². The molecule has 0 radical (unpaired) electrons. The summed E-state index contributed by atoms with van der Waals surface area (Å²) < 4.78 is 0. The van der Waals surface area contributed by atoms with Gasteiger partial charge in [-0.15, -0.1) is 5.10 Å². The second-order valence-corrected chi connectivity index (χ2v) is 7.02. The second kappa shape index (κ2) is 12.5. The molecule has 0 aliphatic rings. The predicted molar refractivity (Wildman–Crippen MR) is 97.5 cm³/mol. The first kappa shape index (κ1) is 20.1. The van der Waals surface area contributed by atoms with E-state index in [0.717, 1.165) is 18.7 Å². The van der Waals surface area contributed by atoms with Crippen molar-refractivity contribution in [3.63, 3.8) is 0 Å². The highest BCUT2D eigenvalue weighted by Crippen LogP contribution is 2.34. The number of tetrazole rings is 1. The van der Waals surface area contributed by atoms with Crippen LogP contribution in [0.15, 0.2) is 0 Å². The highest BCUT2D eigenvalue weighted by molar-refractivity contribution is 5.03. The molecular formula is C19H38N4. The van der Waals surface area contributed by atoms with Crippen molar-refractivity contribution in [3.05, 3.63) is 5.82 Å². The molecule has 0 aliphatic heterocycles. The molecule has 0 saturated carbocycles. The van der Waals surface area contributed by atoms with Crippen molar-refractivity contribution < 1.29 is 0 Å². The zero-order valence-corrected chi connectivity index (χ0v) is 15.7. The summed E-state index contributed by atoms with van der Waals surface area (Å²) in [6.07, 6.45) is 18.8. The van der Waals surface area contributed by atoms with Crippen LogP contribution in [0.1, 0.15) is 116 Å². The summed E-state index contributed by atoms with van der Waals surface area (Å²) in [6.45, 7) is 6.79. The Morgan fingerprint density at radius 2 is 1.26 bits per heavy atom. The maximum Gasteiger partial charge on any atom is 0.154 e. The lowest BCUT2D eigenvalue weighted by Crippen LogP contribution is -2.26. The number of aromatic amines is 1. The Balaban J connectivity index is 2.07. The van der Waals surface area contributed by atoms with Gasteiger partial charge in [0.2, 0.25) is 0 Å². The molecule has 1 N–H and O–H groups in total. The van der Waals surface area contributed by atoms with Crippen molar-refractivity contribution >= 4 is 0 Å². The minimum Gasteiger partial charge on any atom is -0.242 e. The molecule has 4 heteroatoms. The third-order valence-electron chi connectivity index (χ3n) is 5.46. The molecule has 0 unspecified atom stereocenters. The number of unbranched alkanes of at least 4 members (excludes halogenated alkanes) is 10. The Labute approximate surface area is 143 Å². The number of nitrogens with zero attached hydrogens (tertiary/aromatic N) is 3. The maximum atomic E-state index is 4.18. The normalized spacial score (nSPS) is 12.0. The predicted octanol–water partition coefficient (Wildman–Crippen LogP) is 5.96. The number of nitrogens with one attached hydrogen (secondary N) is 1. The fourth-order valence-electron chi connectivity index (χ4n) is 3.57. The summed E-state index contributed by atoms with van der Waals surface area (Å²) in [4.78, 5) is 0. The van der Waals surface area contributed by atoms with Gasteiger partial charge in [0.05, 0.1) is 0 Å². The highest BCUT2D eigenvalue weighted by atomic mass is 15.5. The zero-order valence-electron chi connectivity index (χ0n) is 15.7. The number of H-pyrrole nitrogens is 1. The van der Waals surface area contributed by atoms with Gasteiger partial charge in [0.15, 0.2) is 5.82 Å². The molecular weight excluding hydrogens is 284 g/mol. The van der Waals surface area contributed by atoms with E-state index in [1.54, 1.807) is 0 Å². The second-order valence-electron chi connectivity index (χ2n) is 7.02. The van der Waals surface area contributed by atoms with E-state index in [2.05, 4.69) is 41.4 Å². The van der Waals surface area contributed by atoms with Crippen LogP contribution in [0, 0.1) is 0 Å². The third kappa shape index (κ3) is 7.45. The smallest absolute Gasteiger partial charge is 0.154 e. The lowest BCUT2D eigenvalue weighted by molar-refractivity contribution is 0.329. The molecule has 23 heavy (non-hydrogen) atoms. The van der Waals surface area contributed by atoms with Gasteiger partial charge >= 0.3 is 0 Å². The monoisotopic (exact) mass is 322 g/mol. The van der Waals surface area contributed by atoms with Gasteiger partial charge in [-0.1, -0.05) is 91.4 Å². The molecule has 1 heterocycles. The van der Waals surface area contributed by atoms with Crippen molar-refractivity contribution in [2.75, 3.05) is 0 Å². The first-order chi connectivity index (χ1) is 11.3. The van der Waals surface area contributed by atoms with Crippen LogP contribution in [0.2, 0.25) is 0 Å². The van der Waals surface area contributed by atoms with Crippen LogP contribution in [-0.2, 0) is 5.41 Å². The van der Waals surface area contributed by atoms with Crippen molar-refractivity contribution in [1.29, 1.82) is 0 Å². The van der Waals surface area contributed by atoms with Crippen LogP contribution in [0.5, 0.6) is 0 Å². The van der Waals surface area contributed by atoms with E-state index in [4.69, 9.17) is 0 Å². The quantitative estimate of drug-likeness (QED) is 0.405. The highest BCUT2D eigenvalue weighted by Gasteiger charge is 2.31. The number of aromatic nitrogens is 4. The number of hydrogen-bond donors (Lipinski definition) is 1. The molecule has 1 aromatic rings.